The second-order valence-corrected chi connectivity index (χ2v) is 8.47. The molecule has 1 heterocycles. The molecule has 6 nitrogen and oxygen atoms in total. The van der Waals surface area contributed by atoms with Gasteiger partial charge in [0.15, 0.2) is 0 Å². The molecule has 1 aliphatic rings. The smallest absolute Gasteiger partial charge is 0.243 e. The fourth-order valence-electron chi connectivity index (χ4n) is 2.47. The fourth-order valence-corrected chi connectivity index (χ4v) is 4.61. The quantitative estimate of drug-likeness (QED) is 0.768. The number of benzene rings is 1. The lowest BCUT2D eigenvalue weighted by Crippen LogP contribution is -2.51. The summed E-state index contributed by atoms with van der Waals surface area (Å²) in [7, 11) is -2.04. The van der Waals surface area contributed by atoms with Gasteiger partial charge in [-0.05, 0) is 34.1 Å². The molecule has 1 fully saturated rings. The number of nitrogens with zero attached hydrogens (tertiary/aromatic N) is 2. The van der Waals surface area contributed by atoms with Crippen LogP contribution in [0.15, 0.2) is 27.6 Å². The molecular weight excluding hydrogens is 384 g/mol. The highest BCUT2D eigenvalue weighted by Crippen LogP contribution is 2.29. The number of hydrogen-bond donors (Lipinski definition) is 0. The molecule has 128 valence electrons. The van der Waals surface area contributed by atoms with Gasteiger partial charge >= 0.3 is 0 Å². The predicted molar refractivity (Wildman–Crippen MR) is 90.9 cm³/mol. The summed E-state index contributed by atoms with van der Waals surface area (Å²) >= 11 is 3.31. The highest BCUT2D eigenvalue weighted by atomic mass is 79.9. The Morgan fingerprint density at radius 3 is 2.30 bits per heavy atom. The van der Waals surface area contributed by atoms with Crippen LogP contribution in [0.2, 0.25) is 0 Å². The number of ether oxygens (including phenoxy) is 1. The largest absolute Gasteiger partial charge is 0.496 e. The Bertz CT molecular complexity index is 683. The van der Waals surface area contributed by atoms with Crippen LogP contribution in [0.1, 0.15) is 13.8 Å². The molecule has 2 rings (SSSR count). The molecule has 1 aliphatic heterocycles. The van der Waals surface area contributed by atoms with Crippen LogP contribution >= 0.6 is 15.9 Å². The molecule has 0 spiro atoms. The lowest BCUT2D eigenvalue weighted by atomic mass is 10.2. The first-order chi connectivity index (χ1) is 10.8. The van der Waals surface area contributed by atoms with Crippen LogP contribution in [-0.4, -0.2) is 56.8 Å². The van der Waals surface area contributed by atoms with Crippen molar-refractivity contribution in [3.8, 4) is 5.75 Å². The van der Waals surface area contributed by atoms with Crippen molar-refractivity contribution in [3.05, 3.63) is 22.7 Å². The van der Waals surface area contributed by atoms with Crippen LogP contribution < -0.4 is 4.74 Å². The molecule has 0 unspecified atom stereocenters. The van der Waals surface area contributed by atoms with Crippen LogP contribution in [0, 0.1) is 5.92 Å². The molecule has 0 radical (unpaired) electrons. The van der Waals surface area contributed by atoms with Crippen LogP contribution in [0.4, 0.5) is 0 Å². The second kappa shape index (κ2) is 7.19. The predicted octanol–water partition coefficient (Wildman–Crippen LogP) is 1.95. The highest BCUT2D eigenvalue weighted by Gasteiger charge is 2.31. The number of carbonyl (C=O) groups is 1. The molecule has 1 saturated heterocycles. The SMILES string of the molecule is COc1ccc(S(=O)(=O)N2CCN(C(=O)C(C)C)CC2)cc1Br. The second-order valence-electron chi connectivity index (χ2n) is 5.68. The van der Waals surface area contributed by atoms with E-state index in [1.54, 1.807) is 17.0 Å². The Kier molecular flexibility index (Phi) is 5.70. The molecule has 0 atom stereocenters. The summed E-state index contributed by atoms with van der Waals surface area (Å²) in [5, 5.41) is 0. The van der Waals surface area contributed by atoms with E-state index in [4.69, 9.17) is 4.74 Å². The molecule has 23 heavy (non-hydrogen) atoms. The number of halogens is 1. The summed E-state index contributed by atoms with van der Waals surface area (Å²) in [6.45, 7) is 5.16. The summed E-state index contributed by atoms with van der Waals surface area (Å²) < 4.78 is 32.6. The average molecular weight is 405 g/mol. The van der Waals surface area contributed by atoms with Crippen molar-refractivity contribution >= 4 is 31.9 Å². The van der Waals surface area contributed by atoms with E-state index in [-0.39, 0.29) is 16.7 Å². The van der Waals surface area contributed by atoms with Crippen molar-refractivity contribution in [2.24, 2.45) is 5.92 Å². The molecule has 1 amide bonds. The van der Waals surface area contributed by atoms with Gasteiger partial charge in [0.25, 0.3) is 0 Å². The van der Waals surface area contributed by atoms with E-state index in [0.717, 1.165) is 0 Å². The Hall–Kier alpha value is -1.12. The number of rotatable bonds is 4. The molecular formula is C15H21BrN2O4S. The van der Waals surface area contributed by atoms with Crippen LogP contribution in [-0.2, 0) is 14.8 Å². The summed E-state index contributed by atoms with van der Waals surface area (Å²) in [6.07, 6.45) is 0. The normalized spacial score (nSPS) is 16.7. The van der Waals surface area contributed by atoms with Crippen molar-refractivity contribution < 1.29 is 17.9 Å². The monoisotopic (exact) mass is 404 g/mol. The van der Waals surface area contributed by atoms with Crippen molar-refractivity contribution in [3.63, 3.8) is 0 Å². The first kappa shape index (κ1) is 18.2. The molecule has 0 aliphatic carbocycles. The number of piperazine rings is 1. The molecule has 8 heteroatoms. The fraction of sp³-hybridized carbons (Fsp3) is 0.533. The summed E-state index contributed by atoms with van der Waals surface area (Å²) in [5.74, 6) is 0.571. The third-order valence-corrected chi connectivity index (χ3v) is 6.32. The van der Waals surface area contributed by atoms with E-state index in [9.17, 15) is 13.2 Å². The molecule has 0 N–H and O–H groups in total. The lowest BCUT2D eigenvalue weighted by Gasteiger charge is -2.34. The number of carbonyl (C=O) groups excluding carboxylic acids is 1. The van der Waals surface area contributed by atoms with Gasteiger partial charge in [-0.25, -0.2) is 8.42 Å². The van der Waals surface area contributed by atoms with Crippen molar-refractivity contribution in [2.75, 3.05) is 33.3 Å². The zero-order valence-electron chi connectivity index (χ0n) is 13.5. The number of methoxy groups -OCH3 is 1. The molecule has 1 aromatic rings. The standard InChI is InChI=1S/C15H21BrN2O4S/c1-11(2)15(19)17-6-8-18(9-7-17)23(20,21)12-4-5-14(22-3)13(16)10-12/h4-5,10-11H,6-9H2,1-3H3. The molecule has 0 aromatic heterocycles. The van der Waals surface area contributed by atoms with Gasteiger partial charge in [0.05, 0.1) is 16.5 Å². The van der Waals surface area contributed by atoms with Gasteiger partial charge < -0.3 is 9.64 Å². The average Bonchev–Trinajstić information content (AvgIpc) is 2.54. The maximum absolute atomic E-state index is 12.7. The maximum atomic E-state index is 12.7. The van der Waals surface area contributed by atoms with E-state index < -0.39 is 10.0 Å². The number of amides is 1. The highest BCUT2D eigenvalue weighted by molar-refractivity contribution is 9.10. The number of hydrogen-bond acceptors (Lipinski definition) is 4. The third-order valence-electron chi connectivity index (χ3n) is 3.81. The molecule has 0 saturated carbocycles. The molecule has 0 bridgehead atoms. The van der Waals surface area contributed by atoms with E-state index in [0.29, 0.717) is 36.4 Å². The van der Waals surface area contributed by atoms with Gasteiger partial charge in [-0.2, -0.15) is 4.31 Å². The summed E-state index contributed by atoms with van der Waals surface area (Å²) in [5.41, 5.74) is 0. The van der Waals surface area contributed by atoms with E-state index in [1.807, 2.05) is 13.8 Å². The lowest BCUT2D eigenvalue weighted by molar-refractivity contribution is -0.135. The minimum Gasteiger partial charge on any atom is -0.496 e. The summed E-state index contributed by atoms with van der Waals surface area (Å²) in [6, 6.07) is 4.69. The van der Waals surface area contributed by atoms with Gasteiger partial charge in [0, 0.05) is 32.1 Å². The van der Waals surface area contributed by atoms with E-state index >= 15 is 0 Å². The third kappa shape index (κ3) is 3.87. The summed E-state index contributed by atoms with van der Waals surface area (Å²) in [4.78, 5) is 13.9. The van der Waals surface area contributed by atoms with Crippen molar-refractivity contribution in [2.45, 2.75) is 18.7 Å². The Labute approximate surface area is 145 Å². The Balaban J connectivity index is 2.13. The van der Waals surface area contributed by atoms with Crippen LogP contribution in [0.3, 0.4) is 0 Å². The first-order valence-corrected chi connectivity index (χ1v) is 9.63. The van der Waals surface area contributed by atoms with Gasteiger partial charge in [0.2, 0.25) is 15.9 Å². The van der Waals surface area contributed by atoms with Crippen molar-refractivity contribution in [1.29, 1.82) is 0 Å². The topological polar surface area (TPSA) is 66.9 Å². The zero-order valence-corrected chi connectivity index (χ0v) is 15.9. The Morgan fingerprint density at radius 2 is 1.83 bits per heavy atom. The van der Waals surface area contributed by atoms with Gasteiger partial charge in [-0.1, -0.05) is 13.8 Å². The van der Waals surface area contributed by atoms with E-state index in [2.05, 4.69) is 15.9 Å². The molecule has 1 aromatic carbocycles. The Morgan fingerprint density at radius 1 is 1.22 bits per heavy atom. The van der Waals surface area contributed by atoms with Gasteiger partial charge in [0.1, 0.15) is 5.75 Å². The van der Waals surface area contributed by atoms with Gasteiger partial charge in [-0.15, -0.1) is 0 Å². The minimum atomic E-state index is -3.57. The van der Waals surface area contributed by atoms with Gasteiger partial charge in [-0.3, -0.25) is 4.79 Å². The zero-order chi connectivity index (χ0) is 17.2. The first-order valence-electron chi connectivity index (χ1n) is 7.40. The van der Waals surface area contributed by atoms with Crippen molar-refractivity contribution in [1.82, 2.24) is 9.21 Å². The number of sulfonamides is 1. The minimum absolute atomic E-state index is 0.0641. The maximum Gasteiger partial charge on any atom is 0.243 e. The van der Waals surface area contributed by atoms with E-state index in [1.165, 1.54) is 17.5 Å². The van der Waals surface area contributed by atoms with Crippen LogP contribution in [0.25, 0.3) is 0 Å². The van der Waals surface area contributed by atoms with Crippen LogP contribution in [0.5, 0.6) is 5.75 Å².